The van der Waals surface area contributed by atoms with Gasteiger partial charge in [0.15, 0.2) is 12.4 Å². The van der Waals surface area contributed by atoms with E-state index in [1.807, 2.05) is 13.8 Å². The van der Waals surface area contributed by atoms with Crippen LogP contribution in [0.3, 0.4) is 0 Å². The number of nitrogens with zero attached hydrogens (tertiary/aromatic N) is 3. The van der Waals surface area contributed by atoms with Crippen LogP contribution in [-0.4, -0.2) is 127 Å². The molecule has 9 amide bonds. The van der Waals surface area contributed by atoms with Crippen LogP contribution in [0.1, 0.15) is 92.1 Å². The Morgan fingerprint density at radius 3 is 2.00 bits per heavy atom. The molecule has 0 radical (unpaired) electrons. The predicted octanol–water partition coefficient (Wildman–Crippen LogP) is 3.15. The van der Waals surface area contributed by atoms with Crippen LogP contribution in [-0.2, 0) is 44.8 Å². The summed E-state index contributed by atoms with van der Waals surface area (Å²) in [5.74, 6) is -2.76. The van der Waals surface area contributed by atoms with Crippen LogP contribution in [0.4, 0.5) is 20.1 Å². The minimum absolute atomic E-state index is 0.0834. The van der Waals surface area contributed by atoms with Gasteiger partial charge in [-0.1, -0.05) is 60.1 Å². The van der Waals surface area contributed by atoms with Crippen molar-refractivity contribution in [1.29, 1.82) is 0 Å². The Labute approximate surface area is 358 Å². The summed E-state index contributed by atoms with van der Waals surface area (Å²) in [6.45, 7) is 11.1. The first-order valence-electron chi connectivity index (χ1n) is 20.9. The van der Waals surface area contributed by atoms with Crippen molar-refractivity contribution in [2.24, 2.45) is 29.4 Å². The minimum atomic E-state index is -1.05. The number of likely N-dealkylation sites (tertiary alicyclic amines) is 1. The number of urea groups is 1. The van der Waals surface area contributed by atoms with Gasteiger partial charge in [-0.25, -0.2) is 14.4 Å². The van der Waals surface area contributed by atoms with Gasteiger partial charge in [0.25, 0.3) is 0 Å². The van der Waals surface area contributed by atoms with Crippen molar-refractivity contribution in [3.8, 4) is 0 Å². The Morgan fingerprint density at radius 1 is 0.820 bits per heavy atom. The number of imide groups is 1. The van der Waals surface area contributed by atoms with E-state index in [9.17, 15) is 43.2 Å². The fourth-order valence-electron chi connectivity index (χ4n) is 6.09. The van der Waals surface area contributed by atoms with Crippen molar-refractivity contribution >= 4 is 59.2 Å². The average Bonchev–Trinajstić information content (AvgIpc) is 3.49. The molecule has 1 saturated heterocycles. The molecule has 0 aliphatic carbocycles. The number of benzene rings is 1. The number of likely N-dealkylation sites (N-methyl/N-ethyl adjacent to an activating group) is 2. The van der Waals surface area contributed by atoms with E-state index < -0.39 is 42.1 Å². The Bertz CT molecular complexity index is 1680. The van der Waals surface area contributed by atoms with E-state index >= 15 is 0 Å². The number of rotatable bonds is 25. The van der Waals surface area contributed by atoms with Crippen LogP contribution in [0.5, 0.6) is 0 Å². The number of primary amides is 1. The van der Waals surface area contributed by atoms with Crippen molar-refractivity contribution in [2.45, 2.75) is 105 Å². The van der Waals surface area contributed by atoms with Gasteiger partial charge in [-0.05, 0) is 55.2 Å². The maximum Gasteiger partial charge on any atom is 0.409 e. The van der Waals surface area contributed by atoms with Gasteiger partial charge in [0.2, 0.25) is 29.5 Å². The molecule has 1 aromatic carbocycles. The summed E-state index contributed by atoms with van der Waals surface area (Å²) in [6.07, 6.45) is 1.11. The summed E-state index contributed by atoms with van der Waals surface area (Å²) in [4.78, 5) is 116. The van der Waals surface area contributed by atoms with E-state index in [1.54, 1.807) is 52.0 Å². The third-order valence-electron chi connectivity index (χ3n) is 10.2. The number of hydrogen-bond acceptors (Lipinski definition) is 11. The summed E-state index contributed by atoms with van der Waals surface area (Å²) >= 11 is 0. The number of amides is 9. The minimum Gasteiger partial charge on any atom is -0.445 e. The number of unbranched alkanes of at least 4 members (excludes halogenated alkanes) is 2. The average molecular weight is 859 g/mol. The van der Waals surface area contributed by atoms with Gasteiger partial charge in [-0.3, -0.25) is 33.7 Å². The van der Waals surface area contributed by atoms with Gasteiger partial charge in [0.05, 0.1) is 0 Å². The van der Waals surface area contributed by atoms with Gasteiger partial charge in [0.1, 0.15) is 18.7 Å². The molecule has 61 heavy (non-hydrogen) atoms. The third kappa shape index (κ3) is 18.2. The van der Waals surface area contributed by atoms with Crippen LogP contribution < -0.4 is 27.0 Å². The fourth-order valence-corrected chi connectivity index (χ4v) is 6.09. The number of Topliss-reactive ketones (excluding diaryl/α,β-unsaturated/α-hetero) is 1. The summed E-state index contributed by atoms with van der Waals surface area (Å²) in [5, 5.41) is 10.7. The number of nitrogens with two attached hydrogens (primary N) is 1. The van der Waals surface area contributed by atoms with E-state index in [1.165, 1.54) is 28.8 Å². The first-order chi connectivity index (χ1) is 28.7. The highest BCUT2D eigenvalue weighted by atomic mass is 16.6. The smallest absolute Gasteiger partial charge is 0.409 e. The molecule has 1 heterocycles. The number of anilines is 1. The van der Waals surface area contributed by atoms with Crippen molar-refractivity contribution in [1.82, 2.24) is 30.7 Å². The molecule has 3 atom stereocenters. The highest BCUT2D eigenvalue weighted by Gasteiger charge is 2.39. The molecular formula is C42H66N8O11. The van der Waals surface area contributed by atoms with Gasteiger partial charge in [-0.15, -0.1) is 0 Å². The second-order valence-corrected chi connectivity index (χ2v) is 16.3. The summed E-state index contributed by atoms with van der Waals surface area (Å²) < 4.78 is 10.4. The van der Waals surface area contributed by atoms with E-state index in [4.69, 9.17) is 15.2 Å². The van der Waals surface area contributed by atoms with Crippen molar-refractivity contribution in [3.05, 3.63) is 29.8 Å². The monoisotopic (exact) mass is 858 g/mol. The Hall–Kier alpha value is -5.75. The molecule has 1 unspecified atom stereocenters. The lowest BCUT2D eigenvalue weighted by Crippen LogP contribution is -2.54. The number of ketones is 1. The second-order valence-electron chi connectivity index (χ2n) is 16.3. The molecule has 19 nitrogen and oxygen atoms in total. The molecule has 19 heteroatoms. The number of hydrogen-bond donors (Lipinski definition) is 5. The Morgan fingerprint density at radius 2 is 1.44 bits per heavy atom. The third-order valence-corrected chi connectivity index (χ3v) is 10.2. The van der Waals surface area contributed by atoms with Gasteiger partial charge >= 0.3 is 18.2 Å². The number of carbonyl (C=O) groups excluding carboxylic acids is 9. The normalized spacial score (nSPS) is 14.7. The summed E-state index contributed by atoms with van der Waals surface area (Å²) in [6, 6.07) is 3.76. The second kappa shape index (κ2) is 25.8. The molecule has 2 rings (SSSR count). The van der Waals surface area contributed by atoms with Gasteiger partial charge < -0.3 is 46.3 Å². The molecule has 340 valence electrons. The van der Waals surface area contributed by atoms with E-state index in [-0.39, 0.29) is 99.3 Å². The SMILES string of the molecule is CC(C)C(=O)COC(=O)N(C)CCN(C)C(=O)OCc1ccc(NC(=O)[C@H](CCCNC(N)=O)NC(=O)[C@@H](NC(=O)CCCCCN2C(=O)CC(C(C)C)C2=O)C(C)C)cc1. The van der Waals surface area contributed by atoms with Crippen molar-refractivity contribution in [3.63, 3.8) is 0 Å². The maximum absolute atomic E-state index is 13.5. The van der Waals surface area contributed by atoms with Crippen LogP contribution in [0.25, 0.3) is 0 Å². The fraction of sp³-hybridized carbons (Fsp3) is 0.643. The highest BCUT2D eigenvalue weighted by molar-refractivity contribution is 6.03. The molecule has 1 aliphatic rings. The lowest BCUT2D eigenvalue weighted by Gasteiger charge is -2.25. The highest BCUT2D eigenvalue weighted by Crippen LogP contribution is 2.26. The van der Waals surface area contributed by atoms with E-state index in [0.29, 0.717) is 43.5 Å². The number of ether oxygens (including phenoxy) is 2. The quantitative estimate of drug-likeness (QED) is 0.0705. The zero-order valence-electron chi connectivity index (χ0n) is 36.9. The summed E-state index contributed by atoms with van der Waals surface area (Å²) in [5.41, 5.74) is 6.18. The number of carbonyl (C=O) groups is 9. The molecule has 1 aliphatic heterocycles. The lowest BCUT2D eigenvalue weighted by atomic mass is 9.94. The van der Waals surface area contributed by atoms with E-state index in [2.05, 4.69) is 21.3 Å². The first-order valence-corrected chi connectivity index (χ1v) is 20.9. The molecule has 1 aromatic rings. The Kier molecular flexibility index (Phi) is 21.7. The van der Waals surface area contributed by atoms with Gasteiger partial charge in [0, 0.05) is 70.6 Å². The van der Waals surface area contributed by atoms with E-state index in [0.717, 1.165) is 0 Å². The molecule has 6 N–H and O–H groups in total. The molecule has 0 spiro atoms. The molecule has 0 aromatic heterocycles. The molecular weight excluding hydrogens is 793 g/mol. The molecule has 0 saturated carbocycles. The first kappa shape index (κ1) is 51.4. The zero-order chi connectivity index (χ0) is 45.8. The van der Waals surface area contributed by atoms with Crippen LogP contribution in [0.15, 0.2) is 24.3 Å². The maximum atomic E-state index is 13.5. The number of nitrogens with one attached hydrogen (secondary N) is 4. The Balaban J connectivity index is 1.91. The van der Waals surface area contributed by atoms with Crippen LogP contribution in [0, 0.1) is 23.7 Å². The lowest BCUT2D eigenvalue weighted by molar-refractivity contribution is -0.140. The van der Waals surface area contributed by atoms with Crippen LogP contribution >= 0.6 is 0 Å². The zero-order valence-corrected chi connectivity index (χ0v) is 36.9. The van der Waals surface area contributed by atoms with Crippen molar-refractivity contribution < 1.29 is 52.6 Å². The largest absolute Gasteiger partial charge is 0.445 e. The van der Waals surface area contributed by atoms with Gasteiger partial charge in [-0.2, -0.15) is 0 Å². The predicted molar refractivity (Wildman–Crippen MR) is 225 cm³/mol. The molecule has 1 fully saturated rings. The topological polar surface area (TPSA) is 256 Å². The summed E-state index contributed by atoms with van der Waals surface area (Å²) in [7, 11) is 3.00. The standard InChI is InChI=1S/C42H66N8O11/c1-26(2)31-23-35(53)50(39(31)56)20-11-9-10-14-34(52)47-36(28(5)6)38(55)46-32(13-12-19-44-40(43)57)37(54)45-30-17-15-29(16-18-30)24-60-41(58)48(7)21-22-49(8)42(59)61-25-33(51)27(3)4/h15-18,26-28,31-32,36H,9-14,19-25H2,1-8H3,(H,45,54)(H,46,55)(H,47,52)(H3,43,44,57)/t31?,32-,36-/m0/s1. The van der Waals surface area contributed by atoms with Crippen LogP contribution in [0.2, 0.25) is 0 Å². The molecule has 0 bridgehead atoms. The van der Waals surface area contributed by atoms with Crippen molar-refractivity contribution in [2.75, 3.05) is 52.2 Å².